The van der Waals surface area contributed by atoms with Gasteiger partial charge in [0.25, 0.3) is 0 Å². The first-order valence-corrected chi connectivity index (χ1v) is 6.34. The summed E-state index contributed by atoms with van der Waals surface area (Å²) >= 11 is 0. The largest absolute Gasteiger partial charge is 0.497 e. The molecule has 0 radical (unpaired) electrons. The van der Waals surface area contributed by atoms with Crippen LogP contribution in [0.3, 0.4) is 0 Å². The third-order valence-electron chi connectivity index (χ3n) is 3.41. The van der Waals surface area contributed by atoms with Crippen molar-refractivity contribution in [1.29, 1.82) is 0 Å². The Bertz CT molecular complexity index is 474. The minimum atomic E-state index is -0.800. The van der Waals surface area contributed by atoms with E-state index in [-0.39, 0.29) is 6.03 Å². The van der Waals surface area contributed by atoms with Gasteiger partial charge in [0.15, 0.2) is 6.23 Å². The number of aliphatic hydroxyl groups excluding tert-OH is 1. The van der Waals surface area contributed by atoms with Crippen molar-refractivity contribution in [2.24, 2.45) is 0 Å². The summed E-state index contributed by atoms with van der Waals surface area (Å²) < 4.78 is 5.16. The average Bonchev–Trinajstić information content (AvgIpc) is 2.57. The Morgan fingerprint density at radius 1 is 1.47 bits per heavy atom. The highest BCUT2D eigenvalue weighted by Crippen LogP contribution is 2.22. The topological polar surface area (TPSA) is 61.8 Å². The van der Waals surface area contributed by atoms with E-state index in [9.17, 15) is 9.90 Å². The van der Waals surface area contributed by atoms with Gasteiger partial charge in [0.1, 0.15) is 5.75 Å². The molecule has 1 aromatic rings. The number of urea groups is 1. The molecular formula is C14H20N2O3. The predicted octanol–water partition coefficient (Wildman–Crippen LogP) is 1.36. The number of carbonyl (C=O) groups is 1. The number of aliphatic hydroxyl groups is 1. The molecule has 1 aliphatic heterocycles. The first-order chi connectivity index (χ1) is 8.94. The van der Waals surface area contributed by atoms with Crippen LogP contribution in [0.4, 0.5) is 4.79 Å². The van der Waals surface area contributed by atoms with Gasteiger partial charge in [-0.05, 0) is 38.0 Å². The molecule has 0 aliphatic carbocycles. The summed E-state index contributed by atoms with van der Waals surface area (Å²) in [4.78, 5) is 13.2. The monoisotopic (exact) mass is 264 g/mol. The molecule has 2 rings (SSSR count). The fraction of sp³-hybridized carbons (Fsp3) is 0.500. The molecule has 19 heavy (non-hydrogen) atoms. The quantitative estimate of drug-likeness (QED) is 0.863. The second kappa shape index (κ2) is 5.09. The summed E-state index contributed by atoms with van der Waals surface area (Å²) in [6, 6.07) is 7.49. The molecule has 1 unspecified atom stereocenters. The number of amides is 2. The highest BCUT2D eigenvalue weighted by atomic mass is 16.5. The number of rotatable bonds is 4. The Morgan fingerprint density at radius 3 is 2.79 bits per heavy atom. The van der Waals surface area contributed by atoms with Gasteiger partial charge in [0, 0.05) is 6.54 Å². The fourth-order valence-electron chi connectivity index (χ4n) is 2.21. The number of benzene rings is 1. The molecule has 0 bridgehead atoms. The summed E-state index contributed by atoms with van der Waals surface area (Å²) in [6.45, 7) is 4.09. The van der Waals surface area contributed by atoms with Crippen molar-refractivity contribution >= 4 is 6.03 Å². The van der Waals surface area contributed by atoms with Crippen LogP contribution in [-0.2, 0) is 6.42 Å². The smallest absolute Gasteiger partial charge is 0.320 e. The summed E-state index contributed by atoms with van der Waals surface area (Å²) in [7, 11) is 1.62. The van der Waals surface area contributed by atoms with Crippen LogP contribution in [0, 0.1) is 0 Å². The van der Waals surface area contributed by atoms with Crippen molar-refractivity contribution in [3.63, 3.8) is 0 Å². The van der Waals surface area contributed by atoms with E-state index in [2.05, 4.69) is 5.32 Å². The zero-order valence-electron chi connectivity index (χ0n) is 11.5. The van der Waals surface area contributed by atoms with Crippen molar-refractivity contribution in [3.05, 3.63) is 29.8 Å². The van der Waals surface area contributed by atoms with E-state index in [4.69, 9.17) is 4.74 Å². The van der Waals surface area contributed by atoms with Gasteiger partial charge in [-0.1, -0.05) is 12.1 Å². The number of ether oxygens (including phenoxy) is 1. The Balaban J connectivity index is 2.00. The van der Waals surface area contributed by atoms with E-state index in [0.29, 0.717) is 13.0 Å². The Hall–Kier alpha value is -1.75. The third-order valence-corrected chi connectivity index (χ3v) is 3.41. The number of hydrogen-bond donors (Lipinski definition) is 2. The minimum Gasteiger partial charge on any atom is -0.497 e. The van der Waals surface area contributed by atoms with Gasteiger partial charge in [-0.15, -0.1) is 0 Å². The Morgan fingerprint density at radius 2 is 2.21 bits per heavy atom. The first-order valence-electron chi connectivity index (χ1n) is 6.34. The summed E-state index contributed by atoms with van der Waals surface area (Å²) in [5, 5.41) is 12.8. The molecule has 1 saturated heterocycles. The Kier molecular flexibility index (Phi) is 3.66. The summed E-state index contributed by atoms with van der Waals surface area (Å²) in [6.07, 6.45) is -0.122. The number of carbonyl (C=O) groups excluding carboxylic acids is 1. The van der Waals surface area contributed by atoms with Crippen LogP contribution < -0.4 is 10.1 Å². The van der Waals surface area contributed by atoms with E-state index in [1.165, 1.54) is 4.90 Å². The lowest BCUT2D eigenvalue weighted by Gasteiger charge is -2.25. The molecule has 5 nitrogen and oxygen atoms in total. The summed E-state index contributed by atoms with van der Waals surface area (Å²) in [5.74, 6) is 0.796. The van der Waals surface area contributed by atoms with Gasteiger partial charge in [0.2, 0.25) is 0 Å². The minimum absolute atomic E-state index is 0.222. The van der Waals surface area contributed by atoms with Crippen LogP contribution in [0.25, 0.3) is 0 Å². The lowest BCUT2D eigenvalue weighted by molar-refractivity contribution is 0.0152. The third kappa shape index (κ3) is 2.81. The molecule has 2 amide bonds. The molecule has 5 heteroatoms. The first kappa shape index (κ1) is 13.7. The van der Waals surface area contributed by atoms with Crippen LogP contribution in [0.1, 0.15) is 19.4 Å². The standard InChI is InChI=1S/C14H20N2O3/c1-14(2)12(17)16(13(18)15-14)8-7-10-5-4-6-11(9-10)19-3/h4-6,9,12,17H,7-8H2,1-3H3,(H,15,18). The van der Waals surface area contributed by atoms with Crippen molar-refractivity contribution in [3.8, 4) is 5.75 Å². The van der Waals surface area contributed by atoms with E-state index in [1.54, 1.807) is 21.0 Å². The second-order valence-electron chi connectivity index (χ2n) is 5.32. The maximum absolute atomic E-state index is 11.8. The fourth-order valence-corrected chi connectivity index (χ4v) is 2.21. The van der Waals surface area contributed by atoms with Crippen molar-refractivity contribution in [1.82, 2.24) is 10.2 Å². The number of nitrogens with zero attached hydrogens (tertiary/aromatic N) is 1. The van der Waals surface area contributed by atoms with Crippen molar-refractivity contribution in [2.75, 3.05) is 13.7 Å². The molecule has 2 N–H and O–H groups in total. The van der Waals surface area contributed by atoms with E-state index in [0.717, 1.165) is 11.3 Å². The number of hydrogen-bond acceptors (Lipinski definition) is 3. The van der Waals surface area contributed by atoms with E-state index < -0.39 is 11.8 Å². The maximum Gasteiger partial charge on any atom is 0.320 e. The van der Waals surface area contributed by atoms with Crippen molar-refractivity contribution < 1.29 is 14.6 Å². The Labute approximate surface area is 113 Å². The van der Waals surface area contributed by atoms with E-state index >= 15 is 0 Å². The van der Waals surface area contributed by atoms with Crippen LogP contribution in [0.2, 0.25) is 0 Å². The van der Waals surface area contributed by atoms with Crippen LogP contribution in [0.5, 0.6) is 5.75 Å². The number of nitrogens with one attached hydrogen (secondary N) is 1. The van der Waals surface area contributed by atoms with Gasteiger partial charge in [-0.2, -0.15) is 0 Å². The molecule has 0 aromatic heterocycles. The summed E-state index contributed by atoms with van der Waals surface area (Å²) in [5.41, 5.74) is 0.468. The highest BCUT2D eigenvalue weighted by molar-refractivity contribution is 5.78. The van der Waals surface area contributed by atoms with Gasteiger partial charge < -0.3 is 15.2 Å². The zero-order chi connectivity index (χ0) is 14.0. The van der Waals surface area contributed by atoms with Crippen molar-refractivity contribution in [2.45, 2.75) is 32.0 Å². The highest BCUT2D eigenvalue weighted by Gasteiger charge is 2.43. The maximum atomic E-state index is 11.8. The van der Waals surface area contributed by atoms with E-state index in [1.807, 2.05) is 24.3 Å². The molecule has 0 saturated carbocycles. The van der Waals surface area contributed by atoms with Gasteiger partial charge >= 0.3 is 6.03 Å². The van der Waals surface area contributed by atoms with Crippen LogP contribution in [-0.4, -0.2) is 41.5 Å². The molecule has 1 fully saturated rings. The van der Waals surface area contributed by atoms with Crippen LogP contribution in [0.15, 0.2) is 24.3 Å². The molecule has 0 spiro atoms. The predicted molar refractivity (Wildman–Crippen MR) is 72.0 cm³/mol. The second-order valence-corrected chi connectivity index (χ2v) is 5.32. The molecule has 1 atom stereocenters. The van der Waals surface area contributed by atoms with Crippen LogP contribution >= 0.6 is 0 Å². The number of methoxy groups -OCH3 is 1. The average molecular weight is 264 g/mol. The lowest BCUT2D eigenvalue weighted by atomic mass is 10.0. The molecule has 1 heterocycles. The SMILES string of the molecule is COc1cccc(CCN2C(=O)NC(C)(C)C2O)c1. The van der Waals surface area contributed by atoms with Gasteiger partial charge in [0.05, 0.1) is 12.6 Å². The normalized spacial score (nSPS) is 21.4. The lowest BCUT2D eigenvalue weighted by Crippen LogP contribution is -2.44. The molecular weight excluding hydrogens is 244 g/mol. The molecule has 1 aliphatic rings. The molecule has 1 aromatic carbocycles. The van der Waals surface area contributed by atoms with Gasteiger partial charge in [-0.3, -0.25) is 4.90 Å². The molecule has 104 valence electrons. The zero-order valence-corrected chi connectivity index (χ0v) is 11.5. The van der Waals surface area contributed by atoms with Gasteiger partial charge in [-0.25, -0.2) is 4.79 Å².